The highest BCUT2D eigenvalue weighted by molar-refractivity contribution is 9.10. The number of aromatic nitrogens is 2. The van der Waals surface area contributed by atoms with Gasteiger partial charge in [-0.15, -0.1) is 0 Å². The Morgan fingerprint density at radius 3 is 2.62 bits per heavy atom. The summed E-state index contributed by atoms with van der Waals surface area (Å²) in [6.45, 7) is 4.90. The van der Waals surface area contributed by atoms with Gasteiger partial charge in [0.2, 0.25) is 0 Å². The molecule has 0 spiro atoms. The second kappa shape index (κ2) is 7.27. The van der Waals surface area contributed by atoms with Gasteiger partial charge in [-0.2, -0.15) is 5.10 Å². The number of rotatable bonds is 5. The van der Waals surface area contributed by atoms with Crippen LogP contribution in [0.2, 0.25) is 5.02 Å². The molecular weight excluding hydrogens is 419 g/mol. The summed E-state index contributed by atoms with van der Waals surface area (Å²) in [5, 5.41) is 15.7. The van der Waals surface area contributed by atoms with Gasteiger partial charge in [0, 0.05) is 22.5 Å². The molecule has 0 aliphatic rings. The van der Waals surface area contributed by atoms with Crippen molar-refractivity contribution in [2.24, 2.45) is 0 Å². The maximum absolute atomic E-state index is 10.5. The highest BCUT2D eigenvalue weighted by atomic mass is 79.9. The number of aryl methyl sites for hydroxylation is 2. The molecule has 0 fully saturated rings. The van der Waals surface area contributed by atoms with Crippen LogP contribution in [0.4, 0.5) is 0 Å². The van der Waals surface area contributed by atoms with Crippen LogP contribution in [-0.2, 0) is 19.4 Å². The molecule has 1 aromatic heterocycles. The van der Waals surface area contributed by atoms with Crippen molar-refractivity contribution in [3.63, 3.8) is 0 Å². The number of aliphatic hydroxyl groups excluding tert-OH is 1. The van der Waals surface area contributed by atoms with Gasteiger partial charge in [0.1, 0.15) is 0 Å². The van der Waals surface area contributed by atoms with E-state index in [4.69, 9.17) is 11.6 Å². The lowest BCUT2D eigenvalue weighted by Gasteiger charge is -2.14. The minimum absolute atomic E-state index is 0.502. The summed E-state index contributed by atoms with van der Waals surface area (Å²) >= 11 is 13.0. The molecule has 1 unspecified atom stereocenters. The van der Waals surface area contributed by atoms with Crippen molar-refractivity contribution in [1.82, 2.24) is 9.78 Å². The highest BCUT2D eigenvalue weighted by Crippen LogP contribution is 2.31. The standard InChI is InChI=1S/C15H17Br2ClN2O/c1-3-12-15(17)13(20(4-2)19-12)8-14(21)10-6-5-9(18)7-11(10)16/h5-7,14,21H,3-4,8H2,1-2H3. The van der Waals surface area contributed by atoms with E-state index in [0.29, 0.717) is 11.4 Å². The molecule has 0 radical (unpaired) electrons. The minimum atomic E-state index is -0.611. The van der Waals surface area contributed by atoms with Gasteiger partial charge < -0.3 is 5.11 Å². The van der Waals surface area contributed by atoms with Crippen LogP contribution in [0.25, 0.3) is 0 Å². The van der Waals surface area contributed by atoms with Gasteiger partial charge in [0.25, 0.3) is 0 Å². The number of nitrogens with zero attached hydrogens (tertiary/aromatic N) is 2. The molecule has 2 rings (SSSR count). The average molecular weight is 437 g/mol. The van der Waals surface area contributed by atoms with Crippen molar-refractivity contribution >= 4 is 43.5 Å². The Bertz CT molecular complexity index is 643. The quantitative estimate of drug-likeness (QED) is 0.723. The van der Waals surface area contributed by atoms with Crippen molar-refractivity contribution in [3.05, 3.63) is 49.1 Å². The van der Waals surface area contributed by atoms with Gasteiger partial charge in [-0.25, -0.2) is 0 Å². The molecule has 0 bridgehead atoms. The Morgan fingerprint density at radius 1 is 1.33 bits per heavy atom. The number of halogens is 3. The Balaban J connectivity index is 2.31. The number of hydrogen-bond donors (Lipinski definition) is 1. The molecule has 2 aromatic rings. The van der Waals surface area contributed by atoms with E-state index in [1.54, 1.807) is 12.1 Å². The molecule has 114 valence electrons. The molecule has 21 heavy (non-hydrogen) atoms. The van der Waals surface area contributed by atoms with Crippen molar-refractivity contribution < 1.29 is 5.11 Å². The Hall–Kier alpha value is -0.360. The van der Waals surface area contributed by atoms with Gasteiger partial charge in [-0.05, 0) is 47.0 Å². The Morgan fingerprint density at radius 2 is 2.05 bits per heavy atom. The van der Waals surface area contributed by atoms with E-state index in [9.17, 15) is 5.11 Å². The van der Waals surface area contributed by atoms with Crippen molar-refractivity contribution in [2.45, 2.75) is 39.3 Å². The van der Waals surface area contributed by atoms with Crippen LogP contribution < -0.4 is 0 Å². The maximum Gasteiger partial charge on any atom is 0.0856 e. The SMILES string of the molecule is CCc1nn(CC)c(CC(O)c2ccc(Cl)cc2Br)c1Br. The molecule has 1 heterocycles. The van der Waals surface area contributed by atoms with Crippen molar-refractivity contribution in [3.8, 4) is 0 Å². The van der Waals surface area contributed by atoms with Crippen molar-refractivity contribution in [2.75, 3.05) is 0 Å². The van der Waals surface area contributed by atoms with Crippen LogP contribution in [0.5, 0.6) is 0 Å². The molecule has 0 saturated carbocycles. The topological polar surface area (TPSA) is 38.0 Å². The van der Waals surface area contributed by atoms with Crippen LogP contribution in [0, 0.1) is 0 Å². The van der Waals surface area contributed by atoms with Gasteiger partial charge in [0.15, 0.2) is 0 Å². The highest BCUT2D eigenvalue weighted by Gasteiger charge is 2.19. The largest absolute Gasteiger partial charge is 0.388 e. The molecule has 1 aromatic carbocycles. The molecule has 0 aliphatic carbocycles. The third-order valence-electron chi connectivity index (χ3n) is 3.40. The first-order valence-corrected chi connectivity index (χ1v) is 8.81. The average Bonchev–Trinajstić information content (AvgIpc) is 2.75. The molecule has 3 nitrogen and oxygen atoms in total. The lowest BCUT2D eigenvalue weighted by Crippen LogP contribution is -2.09. The summed E-state index contributed by atoms with van der Waals surface area (Å²) in [4.78, 5) is 0. The summed E-state index contributed by atoms with van der Waals surface area (Å²) in [6, 6.07) is 5.43. The molecule has 1 N–H and O–H groups in total. The minimum Gasteiger partial charge on any atom is -0.388 e. The summed E-state index contributed by atoms with van der Waals surface area (Å²) in [6.07, 6.45) is 0.753. The van der Waals surface area contributed by atoms with Gasteiger partial charge >= 0.3 is 0 Å². The fourth-order valence-electron chi connectivity index (χ4n) is 2.28. The summed E-state index contributed by atoms with van der Waals surface area (Å²) in [7, 11) is 0. The van der Waals surface area contributed by atoms with E-state index >= 15 is 0 Å². The molecule has 0 amide bonds. The number of hydrogen-bond acceptors (Lipinski definition) is 2. The summed E-state index contributed by atoms with van der Waals surface area (Å²) in [5.41, 5.74) is 2.87. The molecular formula is C15H17Br2ClN2O. The summed E-state index contributed by atoms with van der Waals surface area (Å²) in [5.74, 6) is 0. The van der Waals surface area contributed by atoms with Crippen LogP contribution in [0.3, 0.4) is 0 Å². The summed E-state index contributed by atoms with van der Waals surface area (Å²) < 4.78 is 3.75. The van der Waals surface area contributed by atoms with Crippen LogP contribution in [0.1, 0.15) is 36.9 Å². The number of aliphatic hydroxyl groups is 1. The lowest BCUT2D eigenvalue weighted by molar-refractivity contribution is 0.174. The van der Waals surface area contributed by atoms with Crippen LogP contribution in [0.15, 0.2) is 27.1 Å². The first-order valence-electron chi connectivity index (χ1n) is 6.84. The third-order valence-corrected chi connectivity index (χ3v) is 5.24. The fraction of sp³-hybridized carbons (Fsp3) is 0.400. The first kappa shape index (κ1) is 17.0. The van der Waals surface area contributed by atoms with Gasteiger partial charge in [0.05, 0.1) is 22.0 Å². The van der Waals surface area contributed by atoms with Crippen LogP contribution >= 0.6 is 43.5 Å². The van der Waals surface area contributed by atoms with Crippen molar-refractivity contribution in [1.29, 1.82) is 0 Å². The molecule has 0 aliphatic heterocycles. The van der Waals surface area contributed by atoms with E-state index in [0.717, 1.165) is 38.9 Å². The van der Waals surface area contributed by atoms with E-state index in [2.05, 4.69) is 43.9 Å². The van der Waals surface area contributed by atoms with Gasteiger partial charge in [-0.1, -0.05) is 40.5 Å². The van der Waals surface area contributed by atoms with Gasteiger partial charge in [-0.3, -0.25) is 4.68 Å². The zero-order valence-corrected chi connectivity index (χ0v) is 15.8. The zero-order chi connectivity index (χ0) is 15.6. The number of benzene rings is 1. The second-order valence-electron chi connectivity index (χ2n) is 4.76. The molecule has 1 atom stereocenters. The smallest absolute Gasteiger partial charge is 0.0856 e. The predicted molar refractivity (Wildman–Crippen MR) is 92.8 cm³/mol. The first-order chi connectivity index (χ1) is 9.97. The monoisotopic (exact) mass is 434 g/mol. The van der Waals surface area contributed by atoms with E-state index in [-0.39, 0.29) is 0 Å². The van der Waals surface area contributed by atoms with E-state index in [1.807, 2.05) is 17.7 Å². The third kappa shape index (κ3) is 3.70. The maximum atomic E-state index is 10.5. The normalized spacial score (nSPS) is 12.7. The predicted octanol–water partition coefficient (Wildman–Crippen LogP) is 4.92. The molecule has 6 heteroatoms. The zero-order valence-electron chi connectivity index (χ0n) is 11.9. The fourth-order valence-corrected chi connectivity index (χ4v) is 3.95. The molecule has 0 saturated heterocycles. The van der Waals surface area contributed by atoms with E-state index in [1.165, 1.54) is 0 Å². The van der Waals surface area contributed by atoms with E-state index < -0.39 is 6.10 Å². The Labute approximate surface area is 146 Å². The second-order valence-corrected chi connectivity index (χ2v) is 6.85. The van der Waals surface area contributed by atoms with Crippen LogP contribution in [-0.4, -0.2) is 14.9 Å². The lowest BCUT2D eigenvalue weighted by atomic mass is 10.0. The Kier molecular flexibility index (Phi) is 5.88.